The van der Waals surface area contributed by atoms with Crippen LogP contribution in [0.4, 0.5) is 0 Å². The Kier molecular flexibility index (Phi) is 1.93. The summed E-state index contributed by atoms with van der Waals surface area (Å²) in [6.45, 7) is 5.55. The van der Waals surface area contributed by atoms with Crippen LogP contribution in [0.5, 0.6) is 0 Å². The summed E-state index contributed by atoms with van der Waals surface area (Å²) in [7, 11) is 0. The van der Waals surface area contributed by atoms with Gasteiger partial charge in [-0.1, -0.05) is 6.92 Å². The van der Waals surface area contributed by atoms with E-state index in [0.717, 1.165) is 6.54 Å². The summed E-state index contributed by atoms with van der Waals surface area (Å²) in [4.78, 5) is 1.43. The van der Waals surface area contributed by atoms with Crippen molar-refractivity contribution in [1.29, 1.82) is 0 Å². The van der Waals surface area contributed by atoms with Crippen LogP contribution in [0.1, 0.15) is 19.0 Å². The second-order valence-corrected chi connectivity index (χ2v) is 4.01. The maximum Gasteiger partial charge on any atom is 0.102 e. The average molecular weight is 179 g/mol. The fraction of sp³-hybridized carbons (Fsp3) is 0.400. The first-order valence-corrected chi connectivity index (χ1v) is 5.24. The minimum absolute atomic E-state index is 1.15. The third-order valence-corrected chi connectivity index (χ3v) is 3.11. The Morgan fingerprint density at radius 1 is 1.50 bits per heavy atom. The zero-order valence-corrected chi connectivity index (χ0v) is 8.32. The summed E-state index contributed by atoms with van der Waals surface area (Å²) in [5.74, 6) is 0. The third kappa shape index (κ3) is 1.07. The summed E-state index contributed by atoms with van der Waals surface area (Å²) in [6.07, 6.45) is 1.21. The standard InChI is InChI=1S/C10H13NS/c1-3-5-11-8(2)7-9-4-6-12-10(9)11/h4,6-7H,3,5H2,1-2H3. The van der Waals surface area contributed by atoms with Gasteiger partial charge < -0.3 is 4.57 Å². The van der Waals surface area contributed by atoms with Crippen molar-refractivity contribution >= 4 is 21.6 Å². The monoisotopic (exact) mass is 179 g/mol. The Bertz CT molecular complexity index is 383. The molecule has 2 rings (SSSR count). The fourth-order valence-electron chi connectivity index (χ4n) is 1.61. The van der Waals surface area contributed by atoms with Crippen molar-refractivity contribution < 1.29 is 0 Å². The topological polar surface area (TPSA) is 4.93 Å². The molecule has 0 aliphatic carbocycles. The number of hydrogen-bond donors (Lipinski definition) is 0. The van der Waals surface area contributed by atoms with E-state index in [9.17, 15) is 0 Å². The molecule has 2 heteroatoms. The maximum atomic E-state index is 2.40. The van der Waals surface area contributed by atoms with E-state index in [4.69, 9.17) is 0 Å². The van der Waals surface area contributed by atoms with Crippen LogP contribution >= 0.6 is 11.3 Å². The van der Waals surface area contributed by atoms with Gasteiger partial charge in [-0.3, -0.25) is 0 Å². The van der Waals surface area contributed by atoms with Crippen LogP contribution in [0.15, 0.2) is 17.5 Å². The fourth-order valence-corrected chi connectivity index (χ4v) is 2.57. The van der Waals surface area contributed by atoms with Gasteiger partial charge in [-0.2, -0.15) is 0 Å². The SMILES string of the molecule is CCCn1c(C)cc2ccsc21. The first-order valence-electron chi connectivity index (χ1n) is 4.36. The van der Waals surface area contributed by atoms with Crippen molar-refractivity contribution in [3.63, 3.8) is 0 Å². The van der Waals surface area contributed by atoms with E-state index in [1.807, 2.05) is 11.3 Å². The molecule has 0 bridgehead atoms. The molecular formula is C10H13NS. The minimum atomic E-state index is 1.15. The summed E-state index contributed by atoms with van der Waals surface area (Å²) in [5, 5.41) is 3.56. The number of aryl methyl sites for hydroxylation is 2. The summed E-state index contributed by atoms with van der Waals surface area (Å²) in [5.41, 5.74) is 1.39. The molecule has 0 spiro atoms. The predicted octanol–water partition coefficient (Wildman–Crippen LogP) is 3.42. The van der Waals surface area contributed by atoms with Gasteiger partial charge in [0.2, 0.25) is 0 Å². The van der Waals surface area contributed by atoms with E-state index in [0.29, 0.717) is 0 Å². The highest BCUT2D eigenvalue weighted by Gasteiger charge is 2.04. The molecule has 0 N–H and O–H groups in total. The lowest BCUT2D eigenvalue weighted by Gasteiger charge is -2.03. The van der Waals surface area contributed by atoms with Gasteiger partial charge in [-0.15, -0.1) is 11.3 Å². The Balaban J connectivity index is 2.59. The molecule has 0 unspecified atom stereocenters. The van der Waals surface area contributed by atoms with Crippen LogP contribution in [0, 0.1) is 6.92 Å². The average Bonchev–Trinajstić information content (AvgIpc) is 2.56. The number of aromatic nitrogens is 1. The lowest BCUT2D eigenvalue weighted by molar-refractivity contribution is 0.689. The molecule has 0 aromatic carbocycles. The Morgan fingerprint density at radius 2 is 2.33 bits per heavy atom. The number of fused-ring (bicyclic) bond motifs is 1. The predicted molar refractivity (Wildman–Crippen MR) is 54.8 cm³/mol. The van der Waals surface area contributed by atoms with E-state index in [2.05, 4.69) is 35.9 Å². The third-order valence-electron chi connectivity index (χ3n) is 2.16. The molecule has 64 valence electrons. The van der Waals surface area contributed by atoms with Crippen LogP contribution in [-0.2, 0) is 6.54 Å². The summed E-state index contributed by atoms with van der Waals surface area (Å²) in [6, 6.07) is 4.46. The molecule has 2 aromatic rings. The van der Waals surface area contributed by atoms with Crippen LogP contribution in [0.25, 0.3) is 10.2 Å². The molecule has 0 saturated carbocycles. The van der Waals surface area contributed by atoms with E-state index >= 15 is 0 Å². The zero-order valence-electron chi connectivity index (χ0n) is 7.50. The lowest BCUT2D eigenvalue weighted by Crippen LogP contribution is -1.96. The highest BCUT2D eigenvalue weighted by Crippen LogP contribution is 2.24. The van der Waals surface area contributed by atoms with Crippen LogP contribution in [0.3, 0.4) is 0 Å². The van der Waals surface area contributed by atoms with Gasteiger partial charge in [0, 0.05) is 17.6 Å². The van der Waals surface area contributed by atoms with Gasteiger partial charge in [0.05, 0.1) is 0 Å². The Hall–Kier alpha value is -0.760. The van der Waals surface area contributed by atoms with Crippen molar-refractivity contribution in [2.24, 2.45) is 0 Å². The second kappa shape index (κ2) is 2.94. The van der Waals surface area contributed by atoms with Crippen molar-refractivity contribution in [3.8, 4) is 0 Å². The first-order chi connectivity index (χ1) is 5.83. The van der Waals surface area contributed by atoms with Crippen molar-refractivity contribution in [1.82, 2.24) is 4.57 Å². The Morgan fingerprint density at radius 3 is 3.08 bits per heavy atom. The number of nitrogens with zero attached hydrogens (tertiary/aromatic N) is 1. The minimum Gasteiger partial charge on any atom is -0.337 e. The molecule has 1 nitrogen and oxygen atoms in total. The molecule has 0 aliphatic heterocycles. The van der Waals surface area contributed by atoms with Crippen LogP contribution < -0.4 is 0 Å². The molecular weight excluding hydrogens is 166 g/mol. The molecule has 0 aliphatic rings. The smallest absolute Gasteiger partial charge is 0.102 e. The molecule has 0 atom stereocenters. The van der Waals surface area contributed by atoms with Gasteiger partial charge in [0.15, 0.2) is 0 Å². The highest BCUT2D eigenvalue weighted by molar-refractivity contribution is 7.16. The number of rotatable bonds is 2. The molecule has 2 aromatic heterocycles. The normalized spacial score (nSPS) is 11.2. The molecule has 0 radical (unpaired) electrons. The van der Waals surface area contributed by atoms with E-state index in [-0.39, 0.29) is 0 Å². The lowest BCUT2D eigenvalue weighted by atomic mass is 10.4. The van der Waals surface area contributed by atoms with Crippen LogP contribution in [0.2, 0.25) is 0 Å². The molecule has 0 fully saturated rings. The quantitative estimate of drug-likeness (QED) is 0.665. The second-order valence-electron chi connectivity index (χ2n) is 3.12. The van der Waals surface area contributed by atoms with Gasteiger partial charge in [0.25, 0.3) is 0 Å². The van der Waals surface area contributed by atoms with E-state index in [1.54, 1.807) is 0 Å². The number of thiophene rings is 1. The van der Waals surface area contributed by atoms with Crippen molar-refractivity contribution in [3.05, 3.63) is 23.2 Å². The van der Waals surface area contributed by atoms with Gasteiger partial charge in [0.1, 0.15) is 4.83 Å². The molecule has 2 heterocycles. The summed E-state index contributed by atoms with van der Waals surface area (Å²) < 4.78 is 2.40. The largest absolute Gasteiger partial charge is 0.337 e. The van der Waals surface area contributed by atoms with Gasteiger partial charge in [-0.25, -0.2) is 0 Å². The van der Waals surface area contributed by atoms with Crippen LogP contribution in [-0.4, -0.2) is 4.57 Å². The molecule has 0 saturated heterocycles. The van der Waals surface area contributed by atoms with E-state index < -0.39 is 0 Å². The zero-order chi connectivity index (χ0) is 8.55. The maximum absolute atomic E-state index is 2.40. The molecule has 12 heavy (non-hydrogen) atoms. The highest BCUT2D eigenvalue weighted by atomic mass is 32.1. The first kappa shape index (κ1) is 7.87. The Labute approximate surface area is 76.6 Å². The van der Waals surface area contributed by atoms with Crippen molar-refractivity contribution in [2.75, 3.05) is 0 Å². The van der Waals surface area contributed by atoms with Gasteiger partial charge in [-0.05, 0) is 30.9 Å². The van der Waals surface area contributed by atoms with E-state index in [1.165, 1.54) is 22.3 Å². The summed E-state index contributed by atoms with van der Waals surface area (Å²) >= 11 is 1.84. The number of hydrogen-bond acceptors (Lipinski definition) is 1. The molecule has 0 amide bonds. The van der Waals surface area contributed by atoms with Gasteiger partial charge >= 0.3 is 0 Å². The van der Waals surface area contributed by atoms with Crippen molar-refractivity contribution in [2.45, 2.75) is 26.8 Å².